The van der Waals surface area contributed by atoms with Gasteiger partial charge < -0.3 is 5.11 Å². The van der Waals surface area contributed by atoms with E-state index in [-0.39, 0.29) is 5.82 Å². The predicted molar refractivity (Wildman–Crippen MR) is 65.0 cm³/mol. The summed E-state index contributed by atoms with van der Waals surface area (Å²) in [6, 6.07) is 0. The summed E-state index contributed by atoms with van der Waals surface area (Å²) in [5.41, 5.74) is -1.25. The van der Waals surface area contributed by atoms with Crippen molar-refractivity contribution in [3.05, 3.63) is 23.3 Å². The van der Waals surface area contributed by atoms with Crippen molar-refractivity contribution in [3.8, 4) is 0 Å². The molecule has 4 nitrogen and oxygen atoms in total. The van der Waals surface area contributed by atoms with Crippen molar-refractivity contribution in [3.63, 3.8) is 0 Å². The maximum atomic E-state index is 12.7. The summed E-state index contributed by atoms with van der Waals surface area (Å²) in [5.74, 6) is -0.804. The van der Waals surface area contributed by atoms with E-state index in [2.05, 4.69) is 9.97 Å². The predicted octanol–water partition coefficient (Wildman–Crippen LogP) is 3.14. The summed E-state index contributed by atoms with van der Waals surface area (Å²) in [6.07, 6.45) is -1.01. The lowest BCUT2D eigenvalue weighted by Crippen LogP contribution is -2.09. The minimum Gasteiger partial charge on any atom is -0.478 e. The molecule has 0 saturated heterocycles. The fourth-order valence-electron chi connectivity index (χ4n) is 1.17. The molecule has 0 radical (unpaired) electrons. The number of carbonyl (C=O) groups is 1. The number of hydrogen-bond acceptors (Lipinski definition) is 4. The third-order valence-electron chi connectivity index (χ3n) is 2.38. The van der Waals surface area contributed by atoms with Crippen LogP contribution < -0.4 is 0 Å². The summed E-state index contributed by atoms with van der Waals surface area (Å²) in [6.45, 7) is 4.04. The standard InChI is InChI=1S/C11H14F2N2O2S/c1-3-6(2)18-5-8-14-4-7(11(16)17)9(15-8)10(12)13/h4,6,10H,3,5H2,1-2H3,(H,16,17). The zero-order chi connectivity index (χ0) is 13.7. The van der Waals surface area contributed by atoms with Crippen molar-refractivity contribution in [2.24, 2.45) is 0 Å². The van der Waals surface area contributed by atoms with Gasteiger partial charge in [-0.05, 0) is 6.42 Å². The van der Waals surface area contributed by atoms with Crippen LogP contribution in [0.15, 0.2) is 6.20 Å². The van der Waals surface area contributed by atoms with Gasteiger partial charge >= 0.3 is 5.97 Å². The molecule has 0 fully saturated rings. The smallest absolute Gasteiger partial charge is 0.339 e. The maximum Gasteiger partial charge on any atom is 0.339 e. The van der Waals surface area contributed by atoms with E-state index in [1.807, 2.05) is 13.8 Å². The Morgan fingerprint density at radius 3 is 2.72 bits per heavy atom. The Bertz CT molecular complexity index is 430. The third-order valence-corrected chi connectivity index (χ3v) is 3.70. The first kappa shape index (κ1) is 14.8. The second kappa shape index (κ2) is 6.63. The number of halogens is 2. The van der Waals surface area contributed by atoms with Crippen LogP contribution in [-0.2, 0) is 5.75 Å². The number of alkyl halides is 2. The molecule has 0 aliphatic rings. The van der Waals surface area contributed by atoms with Crippen LogP contribution in [0.1, 0.15) is 48.6 Å². The summed E-state index contributed by atoms with van der Waals surface area (Å²) in [7, 11) is 0. The lowest BCUT2D eigenvalue weighted by Gasteiger charge is -2.09. The highest BCUT2D eigenvalue weighted by Gasteiger charge is 2.21. The van der Waals surface area contributed by atoms with E-state index in [9.17, 15) is 13.6 Å². The van der Waals surface area contributed by atoms with E-state index in [4.69, 9.17) is 5.11 Å². The Labute approximate surface area is 108 Å². The number of rotatable bonds is 6. The number of nitrogens with zero attached hydrogens (tertiary/aromatic N) is 2. The molecule has 7 heteroatoms. The molecule has 0 aliphatic carbocycles. The number of aromatic carboxylic acids is 1. The molecule has 1 heterocycles. The van der Waals surface area contributed by atoms with E-state index in [0.29, 0.717) is 11.0 Å². The molecule has 1 unspecified atom stereocenters. The minimum atomic E-state index is -2.91. The molecule has 1 rings (SSSR count). The van der Waals surface area contributed by atoms with Crippen LogP contribution in [0.5, 0.6) is 0 Å². The van der Waals surface area contributed by atoms with Crippen LogP contribution in [-0.4, -0.2) is 26.3 Å². The van der Waals surface area contributed by atoms with E-state index in [1.54, 1.807) is 11.8 Å². The van der Waals surface area contributed by atoms with Gasteiger partial charge in [-0.25, -0.2) is 23.5 Å². The van der Waals surface area contributed by atoms with Crippen molar-refractivity contribution in [2.75, 3.05) is 0 Å². The van der Waals surface area contributed by atoms with Gasteiger partial charge in [-0.2, -0.15) is 11.8 Å². The van der Waals surface area contributed by atoms with Gasteiger partial charge in [-0.1, -0.05) is 13.8 Å². The number of carboxylic acid groups (broad SMARTS) is 1. The Hall–Kier alpha value is -1.24. The van der Waals surface area contributed by atoms with E-state index < -0.39 is 23.7 Å². The Balaban J connectivity index is 2.90. The quantitative estimate of drug-likeness (QED) is 0.864. The van der Waals surface area contributed by atoms with E-state index in [1.165, 1.54) is 0 Å². The molecule has 100 valence electrons. The van der Waals surface area contributed by atoms with Gasteiger partial charge in [0.15, 0.2) is 0 Å². The highest BCUT2D eigenvalue weighted by Crippen LogP contribution is 2.23. The second-order valence-electron chi connectivity index (χ2n) is 3.72. The van der Waals surface area contributed by atoms with Crippen molar-refractivity contribution < 1.29 is 18.7 Å². The molecule has 1 atom stereocenters. The molecule has 18 heavy (non-hydrogen) atoms. The molecule has 0 aliphatic heterocycles. The number of hydrogen-bond donors (Lipinski definition) is 1. The fraction of sp³-hybridized carbons (Fsp3) is 0.545. The first-order chi connectivity index (χ1) is 8.45. The van der Waals surface area contributed by atoms with Crippen LogP contribution in [0.4, 0.5) is 8.78 Å². The molecule has 0 bridgehead atoms. The van der Waals surface area contributed by atoms with Gasteiger partial charge in [-0.15, -0.1) is 0 Å². The van der Waals surface area contributed by atoms with Gasteiger partial charge in [0, 0.05) is 11.4 Å². The molecule has 0 amide bonds. The molecular weight excluding hydrogens is 262 g/mol. The van der Waals surface area contributed by atoms with Gasteiger partial charge in [0.2, 0.25) is 0 Å². The number of aromatic nitrogens is 2. The average Bonchev–Trinajstić information content (AvgIpc) is 2.35. The minimum absolute atomic E-state index is 0.237. The molecule has 0 aromatic carbocycles. The third kappa shape index (κ3) is 3.90. The summed E-state index contributed by atoms with van der Waals surface area (Å²) in [4.78, 5) is 18.2. The molecule has 1 N–H and O–H groups in total. The average molecular weight is 276 g/mol. The molecule has 0 spiro atoms. The van der Waals surface area contributed by atoms with Crippen LogP contribution in [0, 0.1) is 0 Å². The SMILES string of the molecule is CCC(C)SCc1ncc(C(=O)O)c(C(F)F)n1. The lowest BCUT2D eigenvalue weighted by atomic mass is 10.2. The Morgan fingerprint density at radius 1 is 1.56 bits per heavy atom. The highest BCUT2D eigenvalue weighted by molar-refractivity contribution is 7.99. The van der Waals surface area contributed by atoms with Gasteiger partial charge in [0.1, 0.15) is 17.1 Å². The summed E-state index contributed by atoms with van der Waals surface area (Å²) in [5, 5.41) is 9.12. The van der Waals surface area contributed by atoms with Gasteiger partial charge in [0.25, 0.3) is 6.43 Å². The zero-order valence-corrected chi connectivity index (χ0v) is 10.9. The summed E-state index contributed by atoms with van der Waals surface area (Å²) >= 11 is 1.55. The van der Waals surface area contributed by atoms with Crippen molar-refractivity contribution in [1.82, 2.24) is 9.97 Å². The zero-order valence-electron chi connectivity index (χ0n) is 10.1. The Kier molecular flexibility index (Phi) is 5.46. The summed E-state index contributed by atoms with van der Waals surface area (Å²) < 4.78 is 25.3. The largest absolute Gasteiger partial charge is 0.478 e. The van der Waals surface area contributed by atoms with Gasteiger partial charge in [-0.3, -0.25) is 0 Å². The van der Waals surface area contributed by atoms with Crippen LogP contribution in [0.25, 0.3) is 0 Å². The monoisotopic (exact) mass is 276 g/mol. The maximum absolute atomic E-state index is 12.7. The Morgan fingerprint density at radius 2 is 2.22 bits per heavy atom. The second-order valence-corrected chi connectivity index (χ2v) is 5.15. The molecule has 0 saturated carbocycles. The number of carboxylic acids is 1. The molecular formula is C11H14F2N2O2S. The normalized spacial score (nSPS) is 12.7. The lowest BCUT2D eigenvalue weighted by molar-refractivity contribution is 0.0681. The highest BCUT2D eigenvalue weighted by atomic mass is 32.2. The topological polar surface area (TPSA) is 63.1 Å². The van der Waals surface area contributed by atoms with Crippen LogP contribution >= 0.6 is 11.8 Å². The molecule has 1 aromatic heterocycles. The molecule has 1 aromatic rings. The van der Waals surface area contributed by atoms with E-state index >= 15 is 0 Å². The van der Waals surface area contributed by atoms with Crippen molar-refractivity contribution >= 4 is 17.7 Å². The van der Waals surface area contributed by atoms with Crippen molar-refractivity contribution in [1.29, 1.82) is 0 Å². The number of thioether (sulfide) groups is 1. The first-order valence-corrected chi connectivity index (χ1v) is 6.49. The first-order valence-electron chi connectivity index (χ1n) is 5.44. The van der Waals surface area contributed by atoms with Crippen molar-refractivity contribution in [2.45, 2.75) is 37.7 Å². The van der Waals surface area contributed by atoms with E-state index in [0.717, 1.165) is 12.6 Å². The van der Waals surface area contributed by atoms with Gasteiger partial charge in [0.05, 0.1) is 5.75 Å². The fourth-order valence-corrected chi connectivity index (χ4v) is 1.98. The van der Waals surface area contributed by atoms with Crippen LogP contribution in [0.3, 0.4) is 0 Å². The van der Waals surface area contributed by atoms with Crippen LogP contribution in [0.2, 0.25) is 0 Å².